The number of unbranched alkanes of at least 4 members (excludes halogenated alkanes) is 8. The third kappa shape index (κ3) is 8.82. The van der Waals surface area contributed by atoms with Crippen molar-refractivity contribution in [3.8, 4) is 0 Å². The number of rotatable bonds is 17. The highest BCUT2D eigenvalue weighted by molar-refractivity contribution is 5.11. The summed E-state index contributed by atoms with van der Waals surface area (Å²) >= 11 is 0. The Morgan fingerprint density at radius 3 is 2.39 bits per heavy atom. The second-order valence-corrected chi connectivity index (χ2v) is 9.46. The van der Waals surface area contributed by atoms with Crippen LogP contribution >= 0.6 is 0 Å². The molecule has 0 radical (unpaired) electrons. The predicted molar refractivity (Wildman–Crippen MR) is 120 cm³/mol. The van der Waals surface area contributed by atoms with E-state index in [0.29, 0.717) is 18.4 Å². The van der Waals surface area contributed by atoms with Crippen LogP contribution in [-0.4, -0.2) is 22.4 Å². The van der Waals surface area contributed by atoms with Crippen LogP contribution in [0, 0.1) is 17.8 Å². The lowest BCUT2D eigenvalue weighted by molar-refractivity contribution is 0.00926. The maximum Gasteiger partial charge on any atom is 0.0710 e. The fourth-order valence-electron chi connectivity index (χ4n) is 4.86. The zero-order valence-corrected chi connectivity index (χ0v) is 18.5. The van der Waals surface area contributed by atoms with Crippen molar-refractivity contribution in [1.82, 2.24) is 0 Å². The van der Waals surface area contributed by atoms with E-state index in [9.17, 15) is 5.11 Å². The summed E-state index contributed by atoms with van der Waals surface area (Å²) in [4.78, 5) is 0. The number of aliphatic hydroxyl groups excluding tert-OH is 1. The average Bonchev–Trinajstić information content (AvgIpc) is 3.47. The van der Waals surface area contributed by atoms with Gasteiger partial charge in [0.15, 0.2) is 0 Å². The second kappa shape index (κ2) is 13.6. The molecule has 0 saturated heterocycles. The van der Waals surface area contributed by atoms with Gasteiger partial charge < -0.3 is 10.2 Å². The molecule has 162 valence electrons. The van der Waals surface area contributed by atoms with Gasteiger partial charge in [-0.3, -0.25) is 0 Å². The van der Waals surface area contributed by atoms with Gasteiger partial charge in [0.2, 0.25) is 0 Å². The first-order chi connectivity index (χ1) is 13.7. The summed E-state index contributed by atoms with van der Waals surface area (Å²) in [6.07, 6.45) is 28.7. The largest absolute Gasteiger partial charge is 0.396 e. The van der Waals surface area contributed by atoms with E-state index in [4.69, 9.17) is 5.11 Å². The van der Waals surface area contributed by atoms with Gasteiger partial charge in [0.05, 0.1) is 5.60 Å². The molecule has 28 heavy (non-hydrogen) atoms. The molecule has 0 amide bonds. The monoisotopic (exact) mass is 390 g/mol. The Kier molecular flexibility index (Phi) is 11.5. The first kappa shape index (κ1) is 23.7. The third-order valence-corrected chi connectivity index (χ3v) is 6.95. The van der Waals surface area contributed by atoms with E-state index in [1.807, 2.05) is 0 Å². The van der Waals surface area contributed by atoms with Crippen LogP contribution in [0.3, 0.4) is 0 Å². The normalized spacial score (nSPS) is 24.2. The van der Waals surface area contributed by atoms with E-state index in [0.717, 1.165) is 25.2 Å². The molecule has 0 aromatic rings. The van der Waals surface area contributed by atoms with Crippen LogP contribution in [0.2, 0.25) is 0 Å². The summed E-state index contributed by atoms with van der Waals surface area (Å²) < 4.78 is 0. The average molecular weight is 391 g/mol. The van der Waals surface area contributed by atoms with Gasteiger partial charge in [0.25, 0.3) is 0 Å². The molecule has 2 aliphatic carbocycles. The molecule has 0 spiro atoms. The van der Waals surface area contributed by atoms with Gasteiger partial charge >= 0.3 is 0 Å². The topological polar surface area (TPSA) is 40.5 Å². The van der Waals surface area contributed by atoms with E-state index in [-0.39, 0.29) is 0 Å². The van der Waals surface area contributed by atoms with Crippen molar-refractivity contribution in [2.45, 2.75) is 115 Å². The van der Waals surface area contributed by atoms with E-state index in [1.54, 1.807) is 0 Å². The maximum absolute atomic E-state index is 11.2. The van der Waals surface area contributed by atoms with E-state index < -0.39 is 5.60 Å². The molecule has 2 nitrogen and oxygen atoms in total. The van der Waals surface area contributed by atoms with Gasteiger partial charge in [-0.2, -0.15) is 0 Å². The van der Waals surface area contributed by atoms with Crippen molar-refractivity contribution >= 4 is 0 Å². The molecule has 0 heterocycles. The van der Waals surface area contributed by atoms with Gasteiger partial charge in [-0.1, -0.05) is 89.0 Å². The number of hydrogen-bond acceptors (Lipinski definition) is 2. The molecule has 0 bridgehead atoms. The Morgan fingerprint density at radius 2 is 1.68 bits per heavy atom. The summed E-state index contributed by atoms with van der Waals surface area (Å²) in [7, 11) is 0. The molecule has 2 heteroatoms. The van der Waals surface area contributed by atoms with Crippen molar-refractivity contribution < 1.29 is 10.2 Å². The van der Waals surface area contributed by atoms with Crippen molar-refractivity contribution in [3.05, 3.63) is 24.3 Å². The van der Waals surface area contributed by atoms with Crippen LogP contribution in [0.1, 0.15) is 110 Å². The summed E-state index contributed by atoms with van der Waals surface area (Å²) in [5.41, 5.74) is -0.434. The predicted octanol–water partition coefficient (Wildman–Crippen LogP) is 6.96. The van der Waals surface area contributed by atoms with Crippen LogP contribution in [0.15, 0.2) is 24.3 Å². The van der Waals surface area contributed by atoms with E-state index in [1.165, 1.54) is 83.5 Å². The summed E-state index contributed by atoms with van der Waals surface area (Å²) in [6.45, 7) is 2.59. The van der Waals surface area contributed by atoms with E-state index >= 15 is 0 Å². The number of hydrogen-bond donors (Lipinski definition) is 2. The van der Waals surface area contributed by atoms with E-state index in [2.05, 4.69) is 31.2 Å². The summed E-state index contributed by atoms with van der Waals surface area (Å²) in [5, 5.41) is 20.0. The molecule has 1 fully saturated rings. The molecule has 2 aliphatic rings. The highest BCUT2D eigenvalue weighted by atomic mass is 16.3. The van der Waals surface area contributed by atoms with Crippen LogP contribution in [0.4, 0.5) is 0 Å². The van der Waals surface area contributed by atoms with Gasteiger partial charge in [-0.25, -0.2) is 0 Å². The molecule has 1 unspecified atom stereocenters. The minimum absolute atomic E-state index is 0.344. The molecule has 0 aromatic carbocycles. The SMILES string of the molecule is CCCCCCC(O)(C/C=C/[C@H]1C=CC[C@@H]1CCCCCCCCO)C1CC1. The lowest BCUT2D eigenvalue weighted by Crippen LogP contribution is -2.30. The van der Waals surface area contributed by atoms with Crippen molar-refractivity contribution in [2.75, 3.05) is 6.61 Å². The molecule has 1 saturated carbocycles. The minimum Gasteiger partial charge on any atom is -0.396 e. The number of aliphatic hydroxyl groups is 2. The zero-order valence-electron chi connectivity index (χ0n) is 18.5. The molecule has 0 aromatic heterocycles. The molecular formula is C26H46O2. The molecular weight excluding hydrogens is 344 g/mol. The highest BCUT2D eigenvalue weighted by Gasteiger charge is 2.42. The van der Waals surface area contributed by atoms with Crippen molar-refractivity contribution in [2.24, 2.45) is 17.8 Å². The third-order valence-electron chi connectivity index (χ3n) is 6.95. The number of allylic oxidation sites excluding steroid dienone is 3. The fourth-order valence-corrected chi connectivity index (χ4v) is 4.86. The van der Waals surface area contributed by atoms with Gasteiger partial charge in [0.1, 0.15) is 0 Å². The van der Waals surface area contributed by atoms with Gasteiger partial charge in [-0.05, 0) is 62.7 Å². The van der Waals surface area contributed by atoms with Crippen LogP contribution in [0.5, 0.6) is 0 Å². The van der Waals surface area contributed by atoms with Gasteiger partial charge in [0, 0.05) is 6.61 Å². The summed E-state index contributed by atoms with van der Waals surface area (Å²) in [5.74, 6) is 1.91. The molecule has 0 aliphatic heterocycles. The minimum atomic E-state index is -0.434. The Morgan fingerprint density at radius 1 is 0.964 bits per heavy atom. The van der Waals surface area contributed by atoms with Crippen LogP contribution in [0.25, 0.3) is 0 Å². The highest BCUT2D eigenvalue weighted by Crippen LogP contribution is 2.44. The molecule has 2 N–H and O–H groups in total. The lowest BCUT2D eigenvalue weighted by Gasteiger charge is -2.27. The molecule has 3 atom stereocenters. The quantitative estimate of drug-likeness (QED) is 0.208. The first-order valence-corrected chi connectivity index (χ1v) is 12.4. The van der Waals surface area contributed by atoms with Crippen LogP contribution < -0.4 is 0 Å². The lowest BCUT2D eigenvalue weighted by atomic mass is 9.85. The Balaban J connectivity index is 1.67. The maximum atomic E-state index is 11.2. The molecule has 2 rings (SSSR count). The Hall–Kier alpha value is -0.600. The second-order valence-electron chi connectivity index (χ2n) is 9.46. The smallest absolute Gasteiger partial charge is 0.0710 e. The van der Waals surface area contributed by atoms with Crippen molar-refractivity contribution in [1.29, 1.82) is 0 Å². The zero-order chi connectivity index (χ0) is 20.1. The standard InChI is InChI=1S/C26H46O2/c1-2-3-4-10-20-26(28,25-18-19-25)21-13-17-24-16-12-15-23(24)14-9-7-5-6-8-11-22-27/h12-13,16-17,23-25,27-28H,2-11,14-15,18-22H2,1H3/b17-13+/t23-,24+,26?/m0/s1. The Labute approximate surface area is 174 Å². The van der Waals surface area contributed by atoms with Crippen LogP contribution in [-0.2, 0) is 0 Å². The Bertz CT molecular complexity index is 451. The summed E-state index contributed by atoms with van der Waals surface area (Å²) in [6, 6.07) is 0. The first-order valence-electron chi connectivity index (χ1n) is 12.4. The fraction of sp³-hybridized carbons (Fsp3) is 0.846. The van der Waals surface area contributed by atoms with Gasteiger partial charge in [-0.15, -0.1) is 0 Å². The van der Waals surface area contributed by atoms with Crippen molar-refractivity contribution in [3.63, 3.8) is 0 Å².